The van der Waals surface area contributed by atoms with E-state index >= 15 is 0 Å². The number of hydrogen-bond donors (Lipinski definition) is 2. The number of carbonyl (C=O) groups excluding carboxylic acids is 1. The highest BCUT2D eigenvalue weighted by molar-refractivity contribution is 5.75. The molecule has 2 aromatic rings. The Labute approximate surface area is 170 Å². The molecule has 1 aliphatic rings. The summed E-state index contributed by atoms with van der Waals surface area (Å²) < 4.78 is 45.9. The number of fused-ring (bicyclic) bond motifs is 1. The highest BCUT2D eigenvalue weighted by atomic mass is 19.4. The zero-order valence-electron chi connectivity index (χ0n) is 16.2. The third-order valence-electron chi connectivity index (χ3n) is 4.71. The lowest BCUT2D eigenvalue weighted by molar-refractivity contribution is -0.137. The first-order valence-electron chi connectivity index (χ1n) is 9.65. The Morgan fingerprint density at radius 1 is 1.30 bits per heavy atom. The molecule has 1 aliphatic heterocycles. The smallest absolute Gasteiger partial charge is 0.416 e. The number of alkyl halides is 3. The highest BCUT2D eigenvalue weighted by Gasteiger charge is 2.30. The lowest BCUT2D eigenvalue weighted by Crippen LogP contribution is -2.39. The normalized spacial score (nSPS) is 15.2. The van der Waals surface area contributed by atoms with Crippen LogP contribution in [0.3, 0.4) is 0 Å². The first-order valence-corrected chi connectivity index (χ1v) is 9.65. The largest absolute Gasteiger partial charge is 0.491 e. The predicted octanol–water partition coefficient (Wildman–Crippen LogP) is 1.35. The van der Waals surface area contributed by atoms with E-state index in [-0.39, 0.29) is 31.1 Å². The molecule has 0 saturated carbocycles. The molecule has 8 nitrogen and oxygen atoms in total. The molecule has 11 heteroatoms. The van der Waals surface area contributed by atoms with Crippen LogP contribution in [0.5, 0.6) is 5.75 Å². The average molecular weight is 428 g/mol. The Kier molecular flexibility index (Phi) is 6.80. The third kappa shape index (κ3) is 5.62. The number of aryl methyl sites for hydroxylation is 1. The second kappa shape index (κ2) is 9.33. The number of rotatable bonds is 7. The standard InChI is InChI=1S/C19H23F3N4O4/c20-19(21,22)13-5-4-6-15(9-13)30-12-14(27)10-23-17(28)11-26-18(29)25-8-3-1-2-7-16(25)24-26/h4-6,9,14,27H,1-3,7-8,10-12H2,(H,23,28). The molecule has 2 heterocycles. The average Bonchev–Trinajstić information content (AvgIpc) is 2.86. The van der Waals surface area contributed by atoms with Gasteiger partial charge in [0.15, 0.2) is 0 Å². The monoisotopic (exact) mass is 428 g/mol. The Bertz CT molecular complexity index is 939. The number of ether oxygens (including phenoxy) is 1. The van der Waals surface area contributed by atoms with Gasteiger partial charge in [-0.25, -0.2) is 9.48 Å². The van der Waals surface area contributed by atoms with E-state index in [1.54, 1.807) is 4.57 Å². The second-order valence-electron chi connectivity index (χ2n) is 7.11. The molecule has 0 spiro atoms. The molecular formula is C19H23F3N4O4. The minimum Gasteiger partial charge on any atom is -0.491 e. The maximum Gasteiger partial charge on any atom is 0.416 e. The molecule has 0 fully saturated rings. The van der Waals surface area contributed by atoms with Crippen molar-refractivity contribution in [2.45, 2.75) is 51.1 Å². The molecule has 1 unspecified atom stereocenters. The summed E-state index contributed by atoms with van der Waals surface area (Å²) in [6.45, 7) is -0.179. The van der Waals surface area contributed by atoms with Gasteiger partial charge in [-0.05, 0) is 31.0 Å². The summed E-state index contributed by atoms with van der Waals surface area (Å²) in [5.74, 6) is 0.115. The second-order valence-corrected chi connectivity index (χ2v) is 7.11. The fourth-order valence-corrected chi connectivity index (χ4v) is 3.17. The number of halogens is 3. The van der Waals surface area contributed by atoms with Crippen molar-refractivity contribution >= 4 is 5.91 Å². The van der Waals surface area contributed by atoms with Crippen molar-refractivity contribution in [1.82, 2.24) is 19.7 Å². The highest BCUT2D eigenvalue weighted by Crippen LogP contribution is 2.31. The van der Waals surface area contributed by atoms with E-state index in [9.17, 15) is 27.9 Å². The number of carbonyl (C=O) groups is 1. The molecule has 3 rings (SSSR count). The number of amides is 1. The number of nitrogens with one attached hydrogen (secondary N) is 1. The van der Waals surface area contributed by atoms with Crippen molar-refractivity contribution in [2.75, 3.05) is 13.2 Å². The number of hydrogen-bond acceptors (Lipinski definition) is 5. The lowest BCUT2D eigenvalue weighted by Gasteiger charge is -2.14. The third-order valence-corrected chi connectivity index (χ3v) is 4.71. The van der Waals surface area contributed by atoms with E-state index in [1.807, 2.05) is 0 Å². The van der Waals surface area contributed by atoms with Gasteiger partial charge in [0.2, 0.25) is 5.91 Å². The van der Waals surface area contributed by atoms with Gasteiger partial charge in [0.25, 0.3) is 0 Å². The van der Waals surface area contributed by atoms with Crippen molar-refractivity contribution in [3.8, 4) is 5.75 Å². The molecule has 2 N–H and O–H groups in total. The number of nitrogens with zero attached hydrogens (tertiary/aromatic N) is 3. The lowest BCUT2D eigenvalue weighted by atomic mass is 10.2. The van der Waals surface area contributed by atoms with Gasteiger partial charge in [0.1, 0.15) is 30.8 Å². The summed E-state index contributed by atoms with van der Waals surface area (Å²) in [7, 11) is 0. The Morgan fingerprint density at radius 3 is 2.87 bits per heavy atom. The number of aliphatic hydroxyl groups excluding tert-OH is 1. The van der Waals surface area contributed by atoms with Gasteiger partial charge < -0.3 is 15.2 Å². The van der Waals surface area contributed by atoms with Crippen molar-refractivity contribution < 1.29 is 27.8 Å². The van der Waals surface area contributed by atoms with Crippen LogP contribution < -0.4 is 15.7 Å². The molecule has 0 saturated heterocycles. The van der Waals surface area contributed by atoms with Crippen LogP contribution in [0.1, 0.15) is 30.7 Å². The fraction of sp³-hybridized carbons (Fsp3) is 0.526. The summed E-state index contributed by atoms with van der Waals surface area (Å²) in [6, 6.07) is 4.30. The van der Waals surface area contributed by atoms with Gasteiger partial charge in [0, 0.05) is 19.5 Å². The summed E-state index contributed by atoms with van der Waals surface area (Å²) in [6.07, 6.45) is -2.07. The molecule has 1 atom stereocenters. The SMILES string of the molecule is O=C(Cn1nc2n(c1=O)CCCCC2)NCC(O)COc1cccc(C(F)(F)F)c1. The van der Waals surface area contributed by atoms with E-state index in [1.165, 1.54) is 12.1 Å². The zero-order valence-corrected chi connectivity index (χ0v) is 16.2. The van der Waals surface area contributed by atoms with Crippen LogP contribution in [0, 0.1) is 0 Å². The van der Waals surface area contributed by atoms with Crippen LogP contribution in [0.2, 0.25) is 0 Å². The summed E-state index contributed by atoms with van der Waals surface area (Å²) in [5, 5.41) is 16.6. The Morgan fingerprint density at radius 2 is 2.10 bits per heavy atom. The molecule has 1 aromatic carbocycles. The van der Waals surface area contributed by atoms with Crippen LogP contribution in [-0.4, -0.2) is 44.6 Å². The van der Waals surface area contributed by atoms with Crippen LogP contribution in [0.25, 0.3) is 0 Å². The predicted molar refractivity (Wildman–Crippen MR) is 100.0 cm³/mol. The number of aromatic nitrogens is 3. The van der Waals surface area contributed by atoms with Crippen LogP contribution >= 0.6 is 0 Å². The van der Waals surface area contributed by atoms with Crippen molar-refractivity contribution in [2.24, 2.45) is 0 Å². The molecule has 1 amide bonds. The van der Waals surface area contributed by atoms with Crippen molar-refractivity contribution in [3.63, 3.8) is 0 Å². The maximum atomic E-state index is 12.7. The molecule has 1 aromatic heterocycles. The van der Waals surface area contributed by atoms with E-state index in [4.69, 9.17) is 4.74 Å². The van der Waals surface area contributed by atoms with Crippen molar-refractivity contribution in [1.29, 1.82) is 0 Å². The topological polar surface area (TPSA) is 98.4 Å². The van der Waals surface area contributed by atoms with Gasteiger partial charge in [0.05, 0.1) is 5.56 Å². The van der Waals surface area contributed by atoms with E-state index in [0.29, 0.717) is 18.8 Å². The molecular weight excluding hydrogens is 405 g/mol. The van der Waals surface area contributed by atoms with Crippen LogP contribution in [0.15, 0.2) is 29.1 Å². The minimum atomic E-state index is -4.49. The van der Waals surface area contributed by atoms with E-state index < -0.39 is 23.8 Å². The Hall–Kier alpha value is -2.82. The maximum absolute atomic E-state index is 12.7. The van der Waals surface area contributed by atoms with Crippen LogP contribution in [0.4, 0.5) is 13.2 Å². The minimum absolute atomic E-state index is 0.0405. The molecule has 164 valence electrons. The van der Waals surface area contributed by atoms with Gasteiger partial charge in [-0.3, -0.25) is 9.36 Å². The molecule has 0 aliphatic carbocycles. The Balaban J connectivity index is 1.47. The first-order chi connectivity index (χ1) is 14.2. The number of aliphatic hydroxyl groups is 1. The van der Waals surface area contributed by atoms with Gasteiger partial charge in [-0.2, -0.15) is 18.3 Å². The first kappa shape index (κ1) is 21.9. The van der Waals surface area contributed by atoms with Gasteiger partial charge in [-0.15, -0.1) is 0 Å². The summed E-state index contributed by atoms with van der Waals surface area (Å²) in [4.78, 5) is 24.4. The fourth-order valence-electron chi connectivity index (χ4n) is 3.17. The number of benzene rings is 1. The zero-order chi connectivity index (χ0) is 21.7. The summed E-state index contributed by atoms with van der Waals surface area (Å²) in [5.41, 5.74) is -1.19. The van der Waals surface area contributed by atoms with E-state index in [2.05, 4.69) is 10.4 Å². The van der Waals surface area contributed by atoms with Crippen molar-refractivity contribution in [3.05, 3.63) is 46.1 Å². The van der Waals surface area contributed by atoms with Gasteiger partial charge in [-0.1, -0.05) is 12.5 Å². The molecule has 0 bridgehead atoms. The molecule has 0 radical (unpaired) electrons. The quantitative estimate of drug-likeness (QED) is 0.694. The van der Waals surface area contributed by atoms with Crippen LogP contribution in [-0.2, 0) is 30.5 Å². The molecule has 30 heavy (non-hydrogen) atoms. The van der Waals surface area contributed by atoms with Gasteiger partial charge >= 0.3 is 11.9 Å². The van der Waals surface area contributed by atoms with E-state index in [0.717, 1.165) is 36.1 Å². The summed E-state index contributed by atoms with van der Waals surface area (Å²) >= 11 is 0.